The summed E-state index contributed by atoms with van der Waals surface area (Å²) in [5.74, 6) is 1.63. The number of rotatable bonds is 9. The normalized spacial score (nSPS) is 15.0. The molecule has 0 radical (unpaired) electrons. The minimum atomic E-state index is -0.266. The highest BCUT2D eigenvalue weighted by Crippen LogP contribution is 2.28. The molecule has 1 amide bonds. The number of carbonyl (C=O) groups excluding carboxylic acids is 1. The maximum Gasteiger partial charge on any atom is 0.258 e. The average Bonchev–Trinajstić information content (AvgIpc) is 3.26. The summed E-state index contributed by atoms with van der Waals surface area (Å²) in [6.07, 6.45) is 1.99. The Morgan fingerprint density at radius 1 is 1.17 bits per heavy atom. The van der Waals surface area contributed by atoms with Crippen LogP contribution in [-0.2, 0) is 4.84 Å². The molecule has 158 valence electrons. The summed E-state index contributed by atoms with van der Waals surface area (Å²) < 4.78 is 16.0. The second-order valence-corrected chi connectivity index (χ2v) is 6.73. The molecule has 0 N–H and O–H groups in total. The van der Waals surface area contributed by atoms with Crippen LogP contribution in [0.15, 0.2) is 60.3 Å². The number of hydrogen-bond donors (Lipinski definition) is 0. The van der Waals surface area contributed by atoms with E-state index in [0.717, 1.165) is 17.0 Å². The zero-order chi connectivity index (χ0) is 21.5. The van der Waals surface area contributed by atoms with Crippen molar-refractivity contribution < 1.29 is 23.8 Å². The molecular formula is C23H26N2O5. The lowest BCUT2D eigenvalue weighted by molar-refractivity contribution is 0.0448. The van der Waals surface area contributed by atoms with Crippen LogP contribution in [0.4, 0.5) is 0 Å². The van der Waals surface area contributed by atoms with Crippen LogP contribution in [0.25, 0.3) is 0 Å². The van der Waals surface area contributed by atoms with Gasteiger partial charge in [0.15, 0.2) is 6.10 Å². The molecule has 0 saturated carbocycles. The highest BCUT2D eigenvalue weighted by molar-refractivity contribution is 6.03. The molecule has 1 aliphatic rings. The summed E-state index contributed by atoms with van der Waals surface area (Å²) in [5.41, 5.74) is 2.13. The van der Waals surface area contributed by atoms with E-state index in [-0.39, 0.29) is 12.0 Å². The van der Waals surface area contributed by atoms with Gasteiger partial charge in [-0.1, -0.05) is 23.4 Å². The molecule has 0 spiro atoms. The summed E-state index contributed by atoms with van der Waals surface area (Å²) >= 11 is 0. The first kappa shape index (κ1) is 21.2. The largest absolute Gasteiger partial charge is 0.497 e. The van der Waals surface area contributed by atoms with Crippen LogP contribution in [0.3, 0.4) is 0 Å². The van der Waals surface area contributed by atoms with Crippen LogP contribution >= 0.6 is 0 Å². The van der Waals surface area contributed by atoms with E-state index in [1.807, 2.05) is 24.3 Å². The fourth-order valence-corrected chi connectivity index (χ4v) is 3.36. The van der Waals surface area contributed by atoms with Crippen LogP contribution in [0.1, 0.15) is 22.3 Å². The number of carbonyl (C=O) groups is 1. The lowest BCUT2D eigenvalue weighted by Gasteiger charge is -2.24. The van der Waals surface area contributed by atoms with Crippen LogP contribution < -0.4 is 14.2 Å². The fraction of sp³-hybridized carbons (Fsp3) is 0.304. The predicted molar refractivity (Wildman–Crippen MR) is 115 cm³/mol. The summed E-state index contributed by atoms with van der Waals surface area (Å²) in [5, 5.41) is 4.23. The molecule has 2 aromatic rings. The first-order chi connectivity index (χ1) is 14.6. The van der Waals surface area contributed by atoms with Crippen molar-refractivity contribution in [3.05, 3.63) is 66.2 Å². The number of ether oxygens (including phenoxy) is 3. The summed E-state index contributed by atoms with van der Waals surface area (Å²) in [6.45, 7) is 4.51. The van der Waals surface area contributed by atoms with Crippen LogP contribution in [-0.4, -0.2) is 57.0 Å². The highest BCUT2D eigenvalue weighted by atomic mass is 16.6. The maximum absolute atomic E-state index is 13.2. The average molecular weight is 410 g/mol. The number of benzene rings is 2. The van der Waals surface area contributed by atoms with E-state index >= 15 is 0 Å². The molecule has 7 nitrogen and oxygen atoms in total. The molecule has 30 heavy (non-hydrogen) atoms. The molecular weight excluding hydrogens is 384 g/mol. The lowest BCUT2D eigenvalue weighted by Crippen LogP contribution is -2.38. The quantitative estimate of drug-likeness (QED) is 0.592. The molecule has 1 aliphatic heterocycles. The number of hydrogen-bond acceptors (Lipinski definition) is 6. The zero-order valence-corrected chi connectivity index (χ0v) is 17.5. The van der Waals surface area contributed by atoms with Gasteiger partial charge < -0.3 is 23.9 Å². The molecule has 2 aromatic carbocycles. The van der Waals surface area contributed by atoms with Crippen molar-refractivity contribution in [2.24, 2.45) is 5.16 Å². The van der Waals surface area contributed by atoms with Gasteiger partial charge in [-0.05, 0) is 24.3 Å². The van der Waals surface area contributed by atoms with Crippen LogP contribution in [0.2, 0.25) is 0 Å². The summed E-state index contributed by atoms with van der Waals surface area (Å²) in [6, 6.07) is 12.8. The molecule has 0 aromatic heterocycles. The molecule has 0 bridgehead atoms. The highest BCUT2D eigenvalue weighted by Gasteiger charge is 2.29. The number of para-hydroxylation sites is 1. The number of nitrogens with zero attached hydrogens (tertiary/aromatic N) is 2. The molecule has 1 unspecified atom stereocenters. The smallest absolute Gasteiger partial charge is 0.258 e. The second kappa shape index (κ2) is 9.82. The van der Waals surface area contributed by atoms with Crippen molar-refractivity contribution in [2.75, 3.05) is 34.4 Å². The Bertz CT molecular complexity index is 941. The van der Waals surface area contributed by atoms with Gasteiger partial charge in [0.25, 0.3) is 5.91 Å². The Morgan fingerprint density at radius 2 is 1.93 bits per heavy atom. The Kier molecular flexibility index (Phi) is 6.95. The molecule has 7 heteroatoms. The van der Waals surface area contributed by atoms with Gasteiger partial charge in [-0.2, -0.15) is 0 Å². The van der Waals surface area contributed by atoms with E-state index in [1.54, 1.807) is 43.4 Å². The Balaban J connectivity index is 1.74. The van der Waals surface area contributed by atoms with E-state index in [1.165, 1.54) is 7.11 Å². The van der Waals surface area contributed by atoms with E-state index in [4.69, 9.17) is 19.0 Å². The van der Waals surface area contributed by atoms with Crippen molar-refractivity contribution in [1.82, 2.24) is 4.90 Å². The van der Waals surface area contributed by atoms with E-state index in [0.29, 0.717) is 36.6 Å². The van der Waals surface area contributed by atoms with Gasteiger partial charge in [-0.15, -0.1) is 6.58 Å². The maximum atomic E-state index is 13.2. The van der Waals surface area contributed by atoms with Gasteiger partial charge in [0.1, 0.15) is 17.2 Å². The van der Waals surface area contributed by atoms with Crippen LogP contribution in [0.5, 0.6) is 17.2 Å². The fourth-order valence-electron chi connectivity index (χ4n) is 3.36. The summed E-state index contributed by atoms with van der Waals surface area (Å²) in [7, 11) is 4.72. The minimum Gasteiger partial charge on any atom is -0.497 e. The number of oxime groups is 1. The van der Waals surface area contributed by atoms with E-state index < -0.39 is 0 Å². The molecule has 0 aliphatic carbocycles. The molecule has 3 rings (SSSR count). The SMILES string of the molecule is C=CCN(CC1CC(c2ccccc2OC)=NO1)C(=O)c1ccc(OC)cc1OC. The minimum absolute atomic E-state index is 0.177. The van der Waals surface area contributed by atoms with E-state index in [9.17, 15) is 4.79 Å². The molecule has 1 heterocycles. The summed E-state index contributed by atoms with van der Waals surface area (Å²) in [4.78, 5) is 20.5. The standard InChI is InChI=1S/C23H26N2O5/c1-5-12-25(23(26)19-11-10-16(27-2)14-22(19)29-4)15-17-13-20(24-30-17)18-8-6-7-9-21(18)28-3/h5-11,14,17H,1,12-13,15H2,2-4H3. The van der Waals surface area contributed by atoms with Crippen molar-refractivity contribution in [1.29, 1.82) is 0 Å². The molecule has 0 fully saturated rings. The lowest BCUT2D eigenvalue weighted by atomic mass is 10.0. The van der Waals surface area contributed by atoms with E-state index in [2.05, 4.69) is 11.7 Å². The second-order valence-electron chi connectivity index (χ2n) is 6.73. The van der Waals surface area contributed by atoms with Gasteiger partial charge >= 0.3 is 0 Å². The first-order valence-corrected chi connectivity index (χ1v) is 9.59. The monoisotopic (exact) mass is 410 g/mol. The third-order valence-electron chi connectivity index (χ3n) is 4.85. The number of methoxy groups -OCH3 is 3. The van der Waals surface area contributed by atoms with Gasteiger partial charge in [0.05, 0.1) is 39.1 Å². The van der Waals surface area contributed by atoms with Crippen molar-refractivity contribution >= 4 is 11.6 Å². The van der Waals surface area contributed by atoms with Gasteiger partial charge in [0.2, 0.25) is 0 Å². The van der Waals surface area contributed by atoms with Crippen molar-refractivity contribution in [3.8, 4) is 17.2 Å². The van der Waals surface area contributed by atoms with Crippen molar-refractivity contribution in [2.45, 2.75) is 12.5 Å². The van der Waals surface area contributed by atoms with Gasteiger partial charge in [0, 0.05) is 24.6 Å². The topological polar surface area (TPSA) is 69.6 Å². The Morgan fingerprint density at radius 3 is 2.63 bits per heavy atom. The van der Waals surface area contributed by atoms with Crippen molar-refractivity contribution in [3.63, 3.8) is 0 Å². The Hall–Kier alpha value is -3.48. The first-order valence-electron chi connectivity index (χ1n) is 9.59. The molecule has 0 saturated heterocycles. The van der Waals surface area contributed by atoms with Gasteiger partial charge in [-0.25, -0.2) is 0 Å². The number of amides is 1. The zero-order valence-electron chi connectivity index (χ0n) is 17.5. The predicted octanol–water partition coefficient (Wildman–Crippen LogP) is 3.53. The third kappa shape index (κ3) is 4.56. The van der Waals surface area contributed by atoms with Gasteiger partial charge in [-0.3, -0.25) is 4.79 Å². The molecule has 1 atom stereocenters. The Labute approximate surface area is 176 Å². The van der Waals surface area contributed by atoms with Crippen LogP contribution in [0, 0.1) is 0 Å². The third-order valence-corrected chi connectivity index (χ3v) is 4.85.